The summed E-state index contributed by atoms with van der Waals surface area (Å²) < 4.78 is 6.91. The zero-order chi connectivity index (χ0) is 12.3. The van der Waals surface area contributed by atoms with Crippen molar-refractivity contribution in [2.45, 2.75) is 38.6 Å². The summed E-state index contributed by atoms with van der Waals surface area (Å²) in [6.07, 6.45) is 4.89. The molecule has 1 atom stereocenters. The van der Waals surface area contributed by atoms with Gasteiger partial charge in [0.2, 0.25) is 0 Å². The van der Waals surface area contributed by atoms with Crippen LogP contribution in [-0.4, -0.2) is 12.6 Å². The maximum Gasteiger partial charge on any atom is 0.120 e. The maximum atomic E-state index is 5.84. The number of ether oxygens (including phenoxy) is 1. The highest BCUT2D eigenvalue weighted by Crippen LogP contribution is 2.28. The second-order valence-electron chi connectivity index (χ2n) is 5.08. The van der Waals surface area contributed by atoms with Crippen molar-refractivity contribution in [3.05, 3.63) is 28.2 Å². The fourth-order valence-electron chi connectivity index (χ4n) is 2.07. The third kappa shape index (κ3) is 4.00. The van der Waals surface area contributed by atoms with Crippen molar-refractivity contribution >= 4 is 15.9 Å². The zero-order valence-corrected chi connectivity index (χ0v) is 11.9. The van der Waals surface area contributed by atoms with Crippen molar-refractivity contribution in [2.24, 2.45) is 11.7 Å². The summed E-state index contributed by atoms with van der Waals surface area (Å²) in [5, 5.41) is 0. The largest absolute Gasteiger partial charge is 0.493 e. The third-order valence-corrected chi connectivity index (χ3v) is 3.66. The van der Waals surface area contributed by atoms with E-state index < -0.39 is 0 Å². The van der Waals surface area contributed by atoms with Gasteiger partial charge in [-0.25, -0.2) is 0 Å². The van der Waals surface area contributed by atoms with Gasteiger partial charge in [0, 0.05) is 10.5 Å². The summed E-state index contributed by atoms with van der Waals surface area (Å²) in [7, 11) is 0. The van der Waals surface area contributed by atoms with Crippen LogP contribution in [0.25, 0.3) is 0 Å². The van der Waals surface area contributed by atoms with E-state index in [4.69, 9.17) is 10.5 Å². The van der Waals surface area contributed by atoms with Crippen LogP contribution < -0.4 is 10.5 Å². The number of rotatable bonds is 5. The maximum absolute atomic E-state index is 5.84. The zero-order valence-electron chi connectivity index (χ0n) is 10.3. The molecule has 1 saturated carbocycles. The van der Waals surface area contributed by atoms with E-state index in [0.29, 0.717) is 0 Å². The van der Waals surface area contributed by atoms with E-state index in [0.717, 1.165) is 29.2 Å². The highest BCUT2D eigenvalue weighted by molar-refractivity contribution is 9.10. The van der Waals surface area contributed by atoms with Gasteiger partial charge in [0.05, 0.1) is 6.61 Å². The van der Waals surface area contributed by atoms with Gasteiger partial charge in [0.1, 0.15) is 5.75 Å². The first-order chi connectivity index (χ1) is 8.13. The molecule has 17 heavy (non-hydrogen) atoms. The van der Waals surface area contributed by atoms with Gasteiger partial charge < -0.3 is 10.5 Å². The summed E-state index contributed by atoms with van der Waals surface area (Å²) in [4.78, 5) is 0. The van der Waals surface area contributed by atoms with Crippen molar-refractivity contribution in [1.29, 1.82) is 0 Å². The van der Waals surface area contributed by atoms with Gasteiger partial charge in [-0.15, -0.1) is 0 Å². The molecule has 2 rings (SSSR count). The molecule has 0 radical (unpaired) electrons. The number of nitrogens with two attached hydrogens (primary N) is 1. The van der Waals surface area contributed by atoms with Crippen LogP contribution >= 0.6 is 15.9 Å². The summed E-state index contributed by atoms with van der Waals surface area (Å²) in [6, 6.07) is 6.43. The second kappa shape index (κ2) is 5.87. The quantitative estimate of drug-likeness (QED) is 0.902. The predicted molar refractivity (Wildman–Crippen MR) is 74.3 cm³/mol. The van der Waals surface area contributed by atoms with Gasteiger partial charge in [0.15, 0.2) is 0 Å². The Hall–Kier alpha value is -0.540. The molecule has 0 saturated heterocycles. The topological polar surface area (TPSA) is 35.2 Å². The number of benzene rings is 1. The monoisotopic (exact) mass is 297 g/mol. The Kier molecular flexibility index (Phi) is 4.46. The Bertz CT molecular complexity index is 374. The van der Waals surface area contributed by atoms with Crippen molar-refractivity contribution in [1.82, 2.24) is 0 Å². The molecule has 3 heteroatoms. The predicted octanol–water partition coefficient (Wildman–Crippen LogP) is 3.52. The number of hydrogen-bond acceptors (Lipinski definition) is 2. The van der Waals surface area contributed by atoms with Gasteiger partial charge in [-0.2, -0.15) is 0 Å². The lowest BCUT2D eigenvalue weighted by Crippen LogP contribution is -2.20. The lowest BCUT2D eigenvalue weighted by molar-refractivity contribution is 0.180. The minimum absolute atomic E-state index is 0.184. The average molecular weight is 298 g/mol. The van der Waals surface area contributed by atoms with E-state index in [1.54, 1.807) is 0 Å². The first kappa shape index (κ1) is 12.9. The van der Waals surface area contributed by atoms with E-state index >= 15 is 0 Å². The lowest BCUT2D eigenvalue weighted by Gasteiger charge is -2.25. The van der Waals surface area contributed by atoms with Crippen LogP contribution in [0.2, 0.25) is 0 Å². The summed E-state index contributed by atoms with van der Waals surface area (Å²) in [5.74, 6) is 1.73. The van der Waals surface area contributed by atoms with Gasteiger partial charge in [-0.1, -0.05) is 22.4 Å². The first-order valence-electron chi connectivity index (χ1n) is 6.31. The normalized spacial score (nSPS) is 17.6. The molecule has 0 bridgehead atoms. The molecular weight excluding hydrogens is 278 g/mol. The molecule has 1 aromatic rings. The molecule has 0 aliphatic heterocycles. The number of hydrogen-bond donors (Lipinski definition) is 1. The van der Waals surface area contributed by atoms with Crippen LogP contribution in [0, 0.1) is 5.92 Å². The molecule has 94 valence electrons. The van der Waals surface area contributed by atoms with E-state index in [1.165, 1.54) is 24.8 Å². The van der Waals surface area contributed by atoms with Crippen LogP contribution in [-0.2, 0) is 6.42 Å². The van der Waals surface area contributed by atoms with Crippen LogP contribution in [0.1, 0.15) is 31.7 Å². The average Bonchev–Trinajstić information content (AvgIpc) is 2.12. The molecule has 1 aliphatic carbocycles. The van der Waals surface area contributed by atoms with Gasteiger partial charge in [-0.3, -0.25) is 0 Å². The molecule has 0 spiro atoms. The summed E-state index contributed by atoms with van der Waals surface area (Å²) >= 11 is 3.52. The summed E-state index contributed by atoms with van der Waals surface area (Å²) in [6.45, 7) is 2.88. The first-order valence-corrected chi connectivity index (χ1v) is 7.10. The van der Waals surface area contributed by atoms with E-state index in [-0.39, 0.29) is 6.04 Å². The van der Waals surface area contributed by atoms with Crippen molar-refractivity contribution in [2.75, 3.05) is 6.61 Å². The van der Waals surface area contributed by atoms with Crippen molar-refractivity contribution < 1.29 is 4.74 Å². The second-order valence-corrected chi connectivity index (χ2v) is 6.00. The Labute approximate surface area is 112 Å². The highest BCUT2D eigenvalue weighted by Gasteiger charge is 2.18. The van der Waals surface area contributed by atoms with E-state index in [2.05, 4.69) is 28.1 Å². The minimum atomic E-state index is 0.184. The smallest absolute Gasteiger partial charge is 0.120 e. The highest BCUT2D eigenvalue weighted by atomic mass is 79.9. The van der Waals surface area contributed by atoms with Crippen LogP contribution in [0.4, 0.5) is 0 Å². The van der Waals surface area contributed by atoms with E-state index in [1.807, 2.05) is 13.0 Å². The van der Waals surface area contributed by atoms with Crippen LogP contribution in [0.3, 0.4) is 0 Å². The summed E-state index contributed by atoms with van der Waals surface area (Å²) in [5.41, 5.74) is 7.06. The molecule has 2 N–H and O–H groups in total. The van der Waals surface area contributed by atoms with Gasteiger partial charge >= 0.3 is 0 Å². The molecule has 0 amide bonds. The molecular formula is C14H20BrNO. The Morgan fingerprint density at radius 2 is 2.18 bits per heavy atom. The van der Waals surface area contributed by atoms with E-state index in [9.17, 15) is 0 Å². The molecule has 0 aromatic heterocycles. The SMILES string of the molecule is CC(N)Cc1cc(Br)cc(OCC2CCC2)c1. The fourth-order valence-corrected chi connectivity index (χ4v) is 2.59. The van der Waals surface area contributed by atoms with Gasteiger partial charge in [-0.05, 0) is 55.9 Å². The molecule has 1 unspecified atom stereocenters. The Balaban J connectivity index is 1.97. The molecule has 0 heterocycles. The molecule has 1 aliphatic rings. The molecule has 1 fully saturated rings. The fraction of sp³-hybridized carbons (Fsp3) is 0.571. The lowest BCUT2D eigenvalue weighted by atomic mass is 9.86. The van der Waals surface area contributed by atoms with Gasteiger partial charge in [0.25, 0.3) is 0 Å². The number of halogens is 1. The molecule has 2 nitrogen and oxygen atoms in total. The minimum Gasteiger partial charge on any atom is -0.493 e. The standard InChI is InChI=1S/C14H20BrNO/c1-10(16)5-12-6-13(15)8-14(7-12)17-9-11-3-2-4-11/h6-8,10-11H,2-5,9,16H2,1H3. The van der Waals surface area contributed by atoms with Crippen molar-refractivity contribution in [3.63, 3.8) is 0 Å². The Morgan fingerprint density at radius 1 is 1.41 bits per heavy atom. The molecule has 1 aromatic carbocycles. The van der Waals surface area contributed by atoms with Crippen LogP contribution in [0.5, 0.6) is 5.75 Å². The van der Waals surface area contributed by atoms with Crippen LogP contribution in [0.15, 0.2) is 22.7 Å². The third-order valence-electron chi connectivity index (χ3n) is 3.20. The Morgan fingerprint density at radius 3 is 2.76 bits per heavy atom. The van der Waals surface area contributed by atoms with Crippen molar-refractivity contribution in [3.8, 4) is 5.75 Å².